The number of nitrogens with zero attached hydrogens (tertiary/aromatic N) is 4. The molecule has 4 aromatic carbocycles. The zero-order valence-corrected chi connectivity index (χ0v) is 24.2. The van der Waals surface area contributed by atoms with Crippen molar-refractivity contribution in [2.75, 3.05) is 10.6 Å². The van der Waals surface area contributed by atoms with Crippen molar-refractivity contribution in [3.63, 3.8) is 0 Å². The van der Waals surface area contributed by atoms with Crippen molar-refractivity contribution >= 4 is 45.9 Å². The van der Waals surface area contributed by atoms with Crippen molar-refractivity contribution < 1.29 is 9.59 Å². The fourth-order valence-electron chi connectivity index (χ4n) is 3.78. The van der Waals surface area contributed by atoms with Crippen LogP contribution >= 0.6 is 0 Å². The highest BCUT2D eigenvalue weighted by Gasteiger charge is 2.03. The first-order valence-electron chi connectivity index (χ1n) is 14.3. The monoisotopic (exact) mass is 580 g/mol. The number of azo groups is 2. The van der Waals surface area contributed by atoms with Gasteiger partial charge < -0.3 is 10.6 Å². The molecule has 0 saturated heterocycles. The molecule has 0 aliphatic heterocycles. The van der Waals surface area contributed by atoms with E-state index in [4.69, 9.17) is 0 Å². The summed E-state index contributed by atoms with van der Waals surface area (Å²) in [5.41, 5.74) is 4.38. The summed E-state index contributed by atoms with van der Waals surface area (Å²) in [5.74, 6) is 11.4. The van der Waals surface area contributed by atoms with Crippen molar-refractivity contribution in [2.24, 2.45) is 20.5 Å². The third-order valence-corrected chi connectivity index (χ3v) is 6.03. The Morgan fingerprint density at radius 2 is 0.818 bits per heavy atom. The van der Waals surface area contributed by atoms with Crippen LogP contribution in [0.15, 0.2) is 130 Å². The quantitative estimate of drug-likeness (QED) is 0.0989. The van der Waals surface area contributed by atoms with Crippen LogP contribution in [-0.4, -0.2) is 11.8 Å². The molecular formula is C36H32N6O2. The maximum absolute atomic E-state index is 12.2. The Bertz CT molecular complexity index is 1550. The molecule has 8 heteroatoms. The van der Waals surface area contributed by atoms with Gasteiger partial charge in [-0.05, 0) is 97.5 Å². The van der Waals surface area contributed by atoms with Gasteiger partial charge in [-0.25, -0.2) is 0 Å². The van der Waals surface area contributed by atoms with Gasteiger partial charge in [-0.1, -0.05) is 48.2 Å². The summed E-state index contributed by atoms with van der Waals surface area (Å²) in [6.07, 6.45) is 3.17. The van der Waals surface area contributed by atoms with Crippen LogP contribution in [0.1, 0.15) is 38.5 Å². The number of hydrogen-bond donors (Lipinski definition) is 2. The lowest BCUT2D eigenvalue weighted by atomic mass is 10.2. The van der Waals surface area contributed by atoms with E-state index in [9.17, 15) is 9.59 Å². The summed E-state index contributed by atoms with van der Waals surface area (Å²) in [6, 6.07) is 33.4. The molecular weight excluding hydrogens is 548 g/mol. The van der Waals surface area contributed by atoms with Crippen molar-refractivity contribution in [2.45, 2.75) is 38.5 Å². The number of anilines is 2. The van der Waals surface area contributed by atoms with Gasteiger partial charge in [0, 0.05) is 37.1 Å². The van der Waals surface area contributed by atoms with Crippen LogP contribution in [0.25, 0.3) is 0 Å². The van der Waals surface area contributed by atoms with Crippen LogP contribution in [0.5, 0.6) is 0 Å². The number of unbranched alkanes of at least 4 members (excludes halogenated alkanes) is 2. The molecule has 8 nitrogen and oxygen atoms in total. The zero-order chi connectivity index (χ0) is 30.7. The molecule has 2 amide bonds. The summed E-state index contributed by atoms with van der Waals surface area (Å²) in [5, 5.41) is 22.5. The molecule has 0 fully saturated rings. The second-order valence-corrected chi connectivity index (χ2v) is 9.57. The largest absolute Gasteiger partial charge is 0.326 e. The minimum absolute atomic E-state index is 0.0701. The predicted molar refractivity (Wildman–Crippen MR) is 175 cm³/mol. The molecule has 44 heavy (non-hydrogen) atoms. The van der Waals surface area contributed by atoms with Crippen LogP contribution in [-0.2, 0) is 9.59 Å². The molecule has 0 aliphatic carbocycles. The summed E-state index contributed by atoms with van der Waals surface area (Å²) in [4.78, 5) is 24.4. The van der Waals surface area contributed by atoms with Gasteiger partial charge in [0.15, 0.2) is 0 Å². The molecule has 0 atom stereocenters. The highest BCUT2D eigenvalue weighted by atomic mass is 16.2. The van der Waals surface area contributed by atoms with E-state index in [-0.39, 0.29) is 11.8 Å². The van der Waals surface area contributed by atoms with Crippen molar-refractivity contribution in [3.8, 4) is 23.7 Å². The molecule has 0 saturated carbocycles. The van der Waals surface area contributed by atoms with E-state index in [1.807, 2.05) is 60.7 Å². The lowest BCUT2D eigenvalue weighted by molar-refractivity contribution is -0.117. The molecule has 0 radical (unpaired) electrons. The molecule has 0 heterocycles. The van der Waals surface area contributed by atoms with E-state index in [2.05, 4.69) is 54.8 Å². The summed E-state index contributed by atoms with van der Waals surface area (Å²) >= 11 is 0. The topological polar surface area (TPSA) is 108 Å². The maximum Gasteiger partial charge on any atom is 0.224 e. The number of hydrogen-bond acceptors (Lipinski definition) is 6. The van der Waals surface area contributed by atoms with E-state index >= 15 is 0 Å². The number of carbonyl (C=O) groups is 2. The third-order valence-electron chi connectivity index (χ3n) is 6.03. The predicted octanol–water partition coefficient (Wildman–Crippen LogP) is 9.44. The molecule has 0 spiro atoms. The summed E-state index contributed by atoms with van der Waals surface area (Å²) in [7, 11) is 0. The number of amides is 2. The molecule has 0 aromatic heterocycles. The molecule has 0 unspecified atom stereocenters. The molecule has 0 aliphatic rings. The van der Waals surface area contributed by atoms with Gasteiger partial charge in [0.25, 0.3) is 0 Å². The molecule has 4 rings (SSSR count). The van der Waals surface area contributed by atoms with Crippen LogP contribution in [0, 0.1) is 23.7 Å². The second kappa shape index (κ2) is 17.8. The average molecular weight is 581 g/mol. The van der Waals surface area contributed by atoms with Crippen LogP contribution in [0.2, 0.25) is 0 Å². The minimum atomic E-state index is -0.0701. The maximum atomic E-state index is 12.2. The number of carbonyl (C=O) groups excluding carboxylic acids is 2. The van der Waals surface area contributed by atoms with E-state index in [1.165, 1.54) is 0 Å². The molecule has 2 N–H and O–H groups in total. The second-order valence-electron chi connectivity index (χ2n) is 9.57. The number of rotatable bonds is 12. The molecule has 218 valence electrons. The highest BCUT2D eigenvalue weighted by molar-refractivity contribution is 5.91. The summed E-state index contributed by atoms with van der Waals surface area (Å²) < 4.78 is 0. The normalized spacial score (nSPS) is 10.5. The van der Waals surface area contributed by atoms with E-state index in [0.29, 0.717) is 61.3 Å². The van der Waals surface area contributed by atoms with Gasteiger partial charge in [-0.3, -0.25) is 9.59 Å². The SMILES string of the molecule is O=C(CCCC#CC#CCCCC(=O)Nc1ccc(N=Nc2ccccc2)cc1)Nc1ccc(N=Nc2ccccc2)cc1. The van der Waals surface area contributed by atoms with Crippen molar-refractivity contribution in [3.05, 3.63) is 109 Å². The first-order valence-corrected chi connectivity index (χ1v) is 14.3. The van der Waals surface area contributed by atoms with Gasteiger partial charge in [0.1, 0.15) is 0 Å². The Labute approximate surface area is 257 Å². The Morgan fingerprint density at radius 3 is 1.18 bits per heavy atom. The zero-order valence-electron chi connectivity index (χ0n) is 24.2. The van der Waals surface area contributed by atoms with E-state index in [0.717, 1.165) is 11.4 Å². The van der Waals surface area contributed by atoms with Gasteiger partial charge in [0.2, 0.25) is 11.8 Å². The Kier molecular flexibility index (Phi) is 12.6. The first-order chi connectivity index (χ1) is 21.6. The average Bonchev–Trinajstić information content (AvgIpc) is 3.06. The lowest BCUT2D eigenvalue weighted by Crippen LogP contribution is -2.10. The van der Waals surface area contributed by atoms with Gasteiger partial charge in [-0.15, -0.1) is 0 Å². The van der Waals surface area contributed by atoms with E-state index in [1.54, 1.807) is 48.5 Å². The number of nitrogens with one attached hydrogen (secondary N) is 2. The Balaban J connectivity index is 1.05. The van der Waals surface area contributed by atoms with Crippen molar-refractivity contribution in [1.29, 1.82) is 0 Å². The van der Waals surface area contributed by atoms with Crippen LogP contribution < -0.4 is 10.6 Å². The molecule has 4 aromatic rings. The summed E-state index contributed by atoms with van der Waals surface area (Å²) in [6.45, 7) is 0. The fraction of sp³-hybridized carbons (Fsp3) is 0.167. The third kappa shape index (κ3) is 11.9. The Morgan fingerprint density at radius 1 is 0.477 bits per heavy atom. The van der Waals surface area contributed by atoms with Gasteiger partial charge >= 0.3 is 0 Å². The van der Waals surface area contributed by atoms with Crippen molar-refractivity contribution in [1.82, 2.24) is 0 Å². The van der Waals surface area contributed by atoms with Crippen LogP contribution in [0.3, 0.4) is 0 Å². The highest BCUT2D eigenvalue weighted by Crippen LogP contribution is 2.21. The lowest BCUT2D eigenvalue weighted by Gasteiger charge is -2.04. The smallest absolute Gasteiger partial charge is 0.224 e. The number of benzene rings is 4. The van der Waals surface area contributed by atoms with Crippen LogP contribution in [0.4, 0.5) is 34.1 Å². The van der Waals surface area contributed by atoms with Gasteiger partial charge in [-0.2, -0.15) is 20.5 Å². The fourth-order valence-corrected chi connectivity index (χ4v) is 3.78. The molecule has 0 bridgehead atoms. The standard InChI is InChI=1S/C36H32N6O2/c43-35(37-29-21-25-33(26-22-29)41-39-31-15-9-7-10-16-31)19-13-5-3-1-2-4-6-14-20-36(44)38-30-23-27-34(28-24-30)42-40-32-17-11-8-12-18-32/h7-12,15-18,21-28H,5-6,13-14,19-20H2,(H,37,43)(H,38,44). The van der Waals surface area contributed by atoms with Gasteiger partial charge in [0.05, 0.1) is 22.7 Å². The minimum Gasteiger partial charge on any atom is -0.326 e. The Hall–Kier alpha value is -5.86. The first kappa shape index (κ1) is 31.1. The van der Waals surface area contributed by atoms with E-state index < -0.39 is 0 Å².